The van der Waals surface area contributed by atoms with Gasteiger partial charge >= 0.3 is 17.9 Å². The lowest BCUT2D eigenvalue weighted by Gasteiger charge is -2.35. The van der Waals surface area contributed by atoms with Gasteiger partial charge in [-0.1, -0.05) is 19.1 Å². The zero-order valence-corrected chi connectivity index (χ0v) is 15.6. The van der Waals surface area contributed by atoms with Gasteiger partial charge in [0, 0.05) is 0 Å². The molecule has 0 aliphatic heterocycles. The molecular formula is C20H24O7. The van der Waals surface area contributed by atoms with Crippen LogP contribution in [0, 0.1) is 35.5 Å². The SMILES string of the molecule is COC(=O)[C@H]1C2CC([C@@H](C)[C@H]2C(=O)OCc2ccc(OC)cc2)[C@H]1C(=O)O. The van der Waals surface area contributed by atoms with Crippen LogP contribution >= 0.6 is 0 Å². The first-order valence-electron chi connectivity index (χ1n) is 8.99. The molecule has 1 aromatic rings. The Morgan fingerprint density at radius 2 is 1.67 bits per heavy atom. The lowest BCUT2D eigenvalue weighted by Crippen LogP contribution is -2.44. The number of carboxylic acids is 1. The van der Waals surface area contributed by atoms with Crippen LogP contribution < -0.4 is 4.74 Å². The summed E-state index contributed by atoms with van der Waals surface area (Å²) in [5.74, 6) is -4.07. The van der Waals surface area contributed by atoms with E-state index < -0.39 is 29.7 Å². The Kier molecular flexibility index (Phi) is 5.39. The van der Waals surface area contributed by atoms with Gasteiger partial charge in [-0.2, -0.15) is 0 Å². The van der Waals surface area contributed by atoms with Gasteiger partial charge in [-0.15, -0.1) is 0 Å². The van der Waals surface area contributed by atoms with Crippen LogP contribution in [0.4, 0.5) is 0 Å². The fourth-order valence-corrected chi connectivity index (χ4v) is 4.86. The van der Waals surface area contributed by atoms with Crippen molar-refractivity contribution in [2.24, 2.45) is 35.5 Å². The number of aliphatic carboxylic acids is 1. The largest absolute Gasteiger partial charge is 0.497 e. The quantitative estimate of drug-likeness (QED) is 0.759. The third kappa shape index (κ3) is 3.38. The van der Waals surface area contributed by atoms with Crippen LogP contribution in [0.2, 0.25) is 0 Å². The van der Waals surface area contributed by atoms with Crippen molar-refractivity contribution in [1.82, 2.24) is 0 Å². The molecular weight excluding hydrogens is 352 g/mol. The second-order valence-corrected chi connectivity index (χ2v) is 7.32. The third-order valence-electron chi connectivity index (χ3n) is 6.13. The number of carboxylic acid groups (broad SMARTS) is 1. The van der Waals surface area contributed by atoms with Crippen molar-refractivity contribution >= 4 is 17.9 Å². The number of carbonyl (C=O) groups is 3. The van der Waals surface area contributed by atoms with Crippen molar-refractivity contribution in [3.8, 4) is 5.75 Å². The van der Waals surface area contributed by atoms with Gasteiger partial charge in [0.15, 0.2) is 0 Å². The first kappa shape index (κ1) is 19.2. The van der Waals surface area contributed by atoms with E-state index in [2.05, 4.69) is 0 Å². The highest BCUT2D eigenvalue weighted by Crippen LogP contribution is 2.59. The number of hydrogen-bond acceptors (Lipinski definition) is 6. The maximum atomic E-state index is 12.7. The van der Waals surface area contributed by atoms with E-state index in [4.69, 9.17) is 14.2 Å². The molecule has 146 valence electrons. The van der Waals surface area contributed by atoms with Gasteiger partial charge < -0.3 is 19.3 Å². The van der Waals surface area contributed by atoms with E-state index in [0.717, 1.165) is 5.56 Å². The zero-order chi connectivity index (χ0) is 19.7. The molecule has 2 saturated carbocycles. The molecule has 0 radical (unpaired) electrons. The summed E-state index contributed by atoms with van der Waals surface area (Å²) in [4.78, 5) is 36.6. The van der Waals surface area contributed by atoms with Crippen LogP contribution in [0.15, 0.2) is 24.3 Å². The van der Waals surface area contributed by atoms with Gasteiger partial charge in [0.25, 0.3) is 0 Å². The predicted molar refractivity (Wildman–Crippen MR) is 93.7 cm³/mol. The number of benzene rings is 1. The van der Waals surface area contributed by atoms with E-state index in [-0.39, 0.29) is 30.3 Å². The molecule has 2 fully saturated rings. The summed E-state index contributed by atoms with van der Waals surface area (Å²) in [5.41, 5.74) is 0.827. The highest BCUT2D eigenvalue weighted by atomic mass is 16.5. The summed E-state index contributed by atoms with van der Waals surface area (Å²) >= 11 is 0. The maximum absolute atomic E-state index is 12.7. The first-order chi connectivity index (χ1) is 12.9. The Labute approximate surface area is 157 Å². The van der Waals surface area contributed by atoms with E-state index in [1.807, 2.05) is 19.1 Å². The molecule has 27 heavy (non-hydrogen) atoms. The minimum atomic E-state index is -1.00. The number of fused-ring (bicyclic) bond motifs is 2. The fourth-order valence-electron chi connectivity index (χ4n) is 4.86. The Bertz CT molecular complexity index is 726. The highest BCUT2D eigenvalue weighted by Gasteiger charge is 2.63. The normalized spacial score (nSPS) is 31.4. The summed E-state index contributed by atoms with van der Waals surface area (Å²) < 4.78 is 15.4. The second kappa shape index (κ2) is 7.58. The van der Waals surface area contributed by atoms with Gasteiger partial charge in [0.05, 0.1) is 32.0 Å². The van der Waals surface area contributed by atoms with Crippen LogP contribution in [0.3, 0.4) is 0 Å². The first-order valence-corrected chi connectivity index (χ1v) is 8.99. The highest BCUT2D eigenvalue weighted by molar-refractivity contribution is 5.85. The topological polar surface area (TPSA) is 99.1 Å². The Hall–Kier alpha value is -2.57. The van der Waals surface area contributed by atoms with Crippen molar-refractivity contribution in [3.05, 3.63) is 29.8 Å². The van der Waals surface area contributed by atoms with Crippen LogP contribution in [0.1, 0.15) is 18.9 Å². The van der Waals surface area contributed by atoms with Crippen molar-refractivity contribution in [3.63, 3.8) is 0 Å². The molecule has 1 aromatic carbocycles. The lowest BCUT2D eigenvalue weighted by atomic mass is 9.68. The molecule has 0 amide bonds. The molecule has 0 spiro atoms. The molecule has 2 aliphatic carbocycles. The van der Waals surface area contributed by atoms with E-state index in [9.17, 15) is 19.5 Å². The van der Waals surface area contributed by atoms with E-state index in [1.54, 1.807) is 19.2 Å². The number of methoxy groups -OCH3 is 2. The average molecular weight is 376 g/mol. The van der Waals surface area contributed by atoms with Gasteiger partial charge in [-0.05, 0) is 41.9 Å². The lowest BCUT2D eigenvalue weighted by molar-refractivity contribution is -0.167. The fraction of sp³-hybridized carbons (Fsp3) is 0.550. The van der Waals surface area contributed by atoms with Crippen LogP contribution in [0.5, 0.6) is 5.75 Å². The van der Waals surface area contributed by atoms with Gasteiger partial charge in [0.1, 0.15) is 12.4 Å². The second-order valence-electron chi connectivity index (χ2n) is 7.32. The average Bonchev–Trinajstić information content (AvgIpc) is 3.21. The molecule has 7 nitrogen and oxygen atoms in total. The minimum absolute atomic E-state index is 0.120. The van der Waals surface area contributed by atoms with Gasteiger partial charge in [0.2, 0.25) is 0 Å². The smallest absolute Gasteiger partial charge is 0.309 e. The van der Waals surface area contributed by atoms with Crippen LogP contribution in [-0.2, 0) is 30.5 Å². The van der Waals surface area contributed by atoms with Crippen molar-refractivity contribution in [1.29, 1.82) is 0 Å². The number of ether oxygens (including phenoxy) is 3. The van der Waals surface area contributed by atoms with Gasteiger partial charge in [-0.3, -0.25) is 14.4 Å². The molecule has 6 atom stereocenters. The zero-order valence-electron chi connectivity index (χ0n) is 15.6. The molecule has 1 N–H and O–H groups in total. The molecule has 0 saturated heterocycles. The van der Waals surface area contributed by atoms with Crippen molar-refractivity contribution in [2.75, 3.05) is 14.2 Å². The molecule has 2 aliphatic rings. The van der Waals surface area contributed by atoms with E-state index >= 15 is 0 Å². The summed E-state index contributed by atoms with van der Waals surface area (Å²) in [7, 11) is 2.82. The maximum Gasteiger partial charge on any atom is 0.309 e. The Balaban J connectivity index is 1.71. The minimum Gasteiger partial charge on any atom is -0.497 e. The summed E-state index contributed by atoms with van der Waals surface area (Å²) in [6.45, 7) is 1.99. The monoisotopic (exact) mass is 376 g/mol. The number of hydrogen-bond donors (Lipinski definition) is 1. The summed E-state index contributed by atoms with van der Waals surface area (Å²) in [5, 5.41) is 9.55. The van der Waals surface area contributed by atoms with Crippen LogP contribution in [-0.4, -0.2) is 37.2 Å². The molecule has 0 aromatic heterocycles. The van der Waals surface area contributed by atoms with E-state index in [0.29, 0.717) is 12.2 Å². The molecule has 0 heterocycles. The Morgan fingerprint density at radius 3 is 2.22 bits per heavy atom. The molecule has 3 rings (SSSR count). The molecule has 7 heteroatoms. The summed E-state index contributed by atoms with van der Waals surface area (Å²) in [6, 6.07) is 7.20. The Morgan fingerprint density at radius 1 is 1.00 bits per heavy atom. The molecule has 2 bridgehead atoms. The standard InChI is InChI=1S/C20H24O7/c1-10-13-8-14(17(19(23)26-3)16(13)18(21)22)15(10)20(24)27-9-11-4-6-12(25-2)7-5-11/h4-7,10,13-17H,8-9H2,1-3H3,(H,21,22)/t10-,13?,14?,15-,16-,17+/m1/s1. The third-order valence-corrected chi connectivity index (χ3v) is 6.13. The van der Waals surface area contributed by atoms with Crippen molar-refractivity contribution < 1.29 is 33.7 Å². The van der Waals surface area contributed by atoms with Crippen molar-refractivity contribution in [2.45, 2.75) is 20.0 Å². The van der Waals surface area contributed by atoms with E-state index in [1.165, 1.54) is 7.11 Å². The summed E-state index contributed by atoms with van der Waals surface area (Å²) in [6.07, 6.45) is 0.528. The van der Waals surface area contributed by atoms with Crippen LogP contribution in [0.25, 0.3) is 0 Å². The predicted octanol–water partition coefficient (Wildman–Crippen LogP) is 2.13. The number of rotatable bonds is 6. The number of esters is 2. The van der Waals surface area contributed by atoms with Gasteiger partial charge in [-0.25, -0.2) is 0 Å². The number of carbonyl (C=O) groups excluding carboxylic acids is 2. The molecule has 2 unspecified atom stereocenters.